The van der Waals surface area contributed by atoms with E-state index in [0.717, 1.165) is 0 Å². The first-order valence-corrected chi connectivity index (χ1v) is 3.81. The predicted molar refractivity (Wildman–Crippen MR) is 44.2 cm³/mol. The minimum absolute atomic E-state index is 0.368. The lowest BCUT2D eigenvalue weighted by Crippen LogP contribution is -1.90. The fourth-order valence-corrected chi connectivity index (χ4v) is 1.37. The summed E-state index contributed by atoms with van der Waals surface area (Å²) in [6, 6.07) is 0. The van der Waals surface area contributed by atoms with Crippen molar-refractivity contribution in [3.63, 3.8) is 0 Å². The van der Waals surface area contributed by atoms with Crippen LogP contribution in [0.5, 0.6) is 0 Å². The van der Waals surface area contributed by atoms with Crippen molar-refractivity contribution >= 4 is 45.2 Å². The average Bonchev–Trinajstić information content (AvgIpc) is 1.98. The Bertz CT molecular complexity index is 178. The number of nitrogens with zero attached hydrogens (tertiary/aromatic N) is 3. The summed E-state index contributed by atoms with van der Waals surface area (Å²) >= 11 is 3.63. The monoisotopic (exact) mass is 336 g/mol. The van der Waals surface area contributed by atoms with Gasteiger partial charge in [-0.3, -0.25) is 0 Å². The molecule has 0 N–H and O–H groups in total. The Morgan fingerprint density at radius 3 is 1.75 bits per heavy atom. The first kappa shape index (κ1) is 6.52. The van der Waals surface area contributed by atoms with Gasteiger partial charge in [0.25, 0.3) is 0 Å². The topological polar surface area (TPSA) is 53.8 Å². The fourth-order valence-electron chi connectivity index (χ4n) is 0.240. The molecule has 0 bridgehead atoms. The molecule has 6 heteroatoms. The molecule has 1 aromatic rings. The van der Waals surface area contributed by atoms with Gasteiger partial charge >= 0.3 is 0 Å². The minimum atomic E-state index is 0.368. The van der Waals surface area contributed by atoms with Gasteiger partial charge in [0, 0.05) is 45.2 Å². The Morgan fingerprint density at radius 1 is 1.25 bits per heavy atom. The number of aromatic nitrogens is 3. The molecule has 4 nitrogen and oxygen atoms in total. The third-order valence-corrected chi connectivity index (χ3v) is 1.86. The number of hydrogen-bond acceptors (Lipinski definition) is 3. The second-order valence-corrected chi connectivity index (χ2v) is 2.96. The summed E-state index contributed by atoms with van der Waals surface area (Å²) in [6.45, 7) is 0. The standard InChI is InChI=1S/C2I2N3O/c3-1-5-6-2(4)7(1)8/q-1. The number of halogens is 2. The van der Waals surface area contributed by atoms with Crippen molar-refractivity contribution in [1.82, 2.24) is 14.9 Å². The van der Waals surface area contributed by atoms with Gasteiger partial charge in [-0.25, -0.2) is 0 Å². The van der Waals surface area contributed by atoms with Crippen molar-refractivity contribution in [2.45, 2.75) is 0 Å². The van der Waals surface area contributed by atoms with E-state index in [0.29, 0.717) is 12.4 Å². The van der Waals surface area contributed by atoms with E-state index in [9.17, 15) is 5.21 Å². The van der Waals surface area contributed by atoms with Crippen LogP contribution >= 0.6 is 45.2 Å². The molecule has 0 amide bonds. The lowest BCUT2D eigenvalue weighted by Gasteiger charge is -2.04. The zero-order valence-electron chi connectivity index (χ0n) is 3.51. The van der Waals surface area contributed by atoms with Gasteiger partial charge < -0.3 is 9.94 Å². The Hall–Kier alpha value is 0.400. The summed E-state index contributed by atoms with van der Waals surface area (Å²) in [7, 11) is 0. The Balaban J connectivity index is 3.19. The van der Waals surface area contributed by atoms with Crippen LogP contribution in [-0.4, -0.2) is 14.9 Å². The molecular weight excluding hydrogens is 336 g/mol. The van der Waals surface area contributed by atoms with Crippen molar-refractivity contribution in [1.29, 1.82) is 0 Å². The molecule has 0 saturated heterocycles. The minimum Gasteiger partial charge on any atom is -0.802 e. The van der Waals surface area contributed by atoms with Crippen LogP contribution in [0.4, 0.5) is 0 Å². The van der Waals surface area contributed by atoms with Gasteiger partial charge in [0.05, 0.1) is 0 Å². The SMILES string of the molecule is [O-]n1c(I)nnc1I. The van der Waals surface area contributed by atoms with Crippen molar-refractivity contribution < 1.29 is 0 Å². The molecule has 0 aliphatic rings. The Kier molecular flexibility index (Phi) is 1.90. The Labute approximate surface area is 72.5 Å². The third-order valence-electron chi connectivity index (χ3n) is 0.550. The molecule has 0 spiro atoms. The van der Waals surface area contributed by atoms with Crippen LogP contribution < -0.4 is 0 Å². The van der Waals surface area contributed by atoms with Crippen LogP contribution in [0.2, 0.25) is 0 Å². The molecule has 0 aliphatic heterocycles. The molecule has 1 rings (SSSR count). The lowest BCUT2D eigenvalue weighted by atomic mass is 11.3. The van der Waals surface area contributed by atoms with E-state index in [1.165, 1.54) is 0 Å². The van der Waals surface area contributed by atoms with E-state index >= 15 is 0 Å². The Morgan fingerprint density at radius 2 is 1.62 bits per heavy atom. The maximum Gasteiger partial charge on any atom is 0.190 e. The van der Waals surface area contributed by atoms with E-state index in [4.69, 9.17) is 0 Å². The van der Waals surface area contributed by atoms with Crippen molar-refractivity contribution in [3.05, 3.63) is 12.9 Å². The summed E-state index contributed by atoms with van der Waals surface area (Å²) in [5, 5.41) is 17.5. The molecule has 0 radical (unpaired) electrons. The predicted octanol–water partition coefficient (Wildman–Crippen LogP) is 0.833. The molecule has 0 fully saturated rings. The molecule has 8 heavy (non-hydrogen) atoms. The van der Waals surface area contributed by atoms with Crippen LogP contribution in [0.1, 0.15) is 0 Å². The highest BCUT2D eigenvalue weighted by Gasteiger charge is 1.94. The van der Waals surface area contributed by atoms with Crippen LogP contribution in [0, 0.1) is 12.9 Å². The fraction of sp³-hybridized carbons (Fsp3) is 0. The first-order valence-electron chi connectivity index (χ1n) is 1.65. The summed E-state index contributed by atoms with van der Waals surface area (Å²) in [4.78, 5) is 0. The van der Waals surface area contributed by atoms with Crippen LogP contribution in [-0.2, 0) is 0 Å². The van der Waals surface area contributed by atoms with Gasteiger partial charge in [-0.05, 0) is 0 Å². The largest absolute Gasteiger partial charge is 0.802 e. The molecule has 0 aliphatic carbocycles. The summed E-state index contributed by atoms with van der Waals surface area (Å²) in [5.41, 5.74) is 0. The van der Waals surface area contributed by atoms with Crippen molar-refractivity contribution in [2.24, 2.45) is 0 Å². The molecule has 44 valence electrons. The highest BCUT2D eigenvalue weighted by atomic mass is 127. The van der Waals surface area contributed by atoms with Crippen molar-refractivity contribution in [3.8, 4) is 0 Å². The number of hydrogen-bond donors (Lipinski definition) is 0. The highest BCUT2D eigenvalue weighted by Crippen LogP contribution is 2.03. The van der Waals surface area contributed by atoms with Crippen LogP contribution in [0.3, 0.4) is 0 Å². The van der Waals surface area contributed by atoms with E-state index < -0.39 is 0 Å². The number of rotatable bonds is 0. The summed E-state index contributed by atoms with van der Waals surface area (Å²) in [6.07, 6.45) is 0. The molecule has 0 aromatic carbocycles. The molecular formula is C2I2N3O-. The maximum atomic E-state index is 10.5. The molecule has 0 unspecified atom stereocenters. The highest BCUT2D eigenvalue weighted by molar-refractivity contribution is 14.1. The second kappa shape index (κ2) is 2.33. The van der Waals surface area contributed by atoms with Gasteiger partial charge in [-0.15, -0.1) is 10.2 Å². The van der Waals surface area contributed by atoms with Gasteiger partial charge in [-0.1, -0.05) is 0 Å². The van der Waals surface area contributed by atoms with Gasteiger partial charge in [-0.2, -0.15) is 0 Å². The zero-order valence-corrected chi connectivity index (χ0v) is 7.82. The van der Waals surface area contributed by atoms with Gasteiger partial charge in [0.1, 0.15) is 0 Å². The van der Waals surface area contributed by atoms with Gasteiger partial charge in [0.2, 0.25) is 0 Å². The van der Waals surface area contributed by atoms with Crippen molar-refractivity contribution in [2.75, 3.05) is 0 Å². The zero-order chi connectivity index (χ0) is 6.15. The van der Waals surface area contributed by atoms with E-state index in [1.807, 2.05) is 45.2 Å². The van der Waals surface area contributed by atoms with Crippen LogP contribution in [0.15, 0.2) is 0 Å². The smallest absolute Gasteiger partial charge is 0.190 e. The normalized spacial score (nSPS) is 9.75. The summed E-state index contributed by atoms with van der Waals surface area (Å²) in [5.74, 6) is 0. The molecule has 1 aromatic heterocycles. The summed E-state index contributed by atoms with van der Waals surface area (Å²) < 4.78 is 1.40. The third kappa shape index (κ3) is 1.04. The average molecular weight is 336 g/mol. The first-order chi connectivity index (χ1) is 3.72. The lowest BCUT2D eigenvalue weighted by molar-refractivity contribution is 0.997. The van der Waals surface area contributed by atoms with E-state index in [1.54, 1.807) is 0 Å². The maximum absolute atomic E-state index is 10.5. The quantitative estimate of drug-likeness (QED) is 0.660. The molecule has 0 saturated carbocycles. The molecule has 1 heterocycles. The van der Waals surface area contributed by atoms with Gasteiger partial charge in [0.15, 0.2) is 7.66 Å². The van der Waals surface area contributed by atoms with E-state index in [-0.39, 0.29) is 0 Å². The van der Waals surface area contributed by atoms with Crippen LogP contribution in [0.25, 0.3) is 0 Å². The molecule has 0 atom stereocenters. The second-order valence-electron chi connectivity index (χ2n) is 1.03. The van der Waals surface area contributed by atoms with E-state index in [2.05, 4.69) is 10.2 Å².